The fourth-order valence-electron chi connectivity index (χ4n) is 2.32. The van der Waals surface area contributed by atoms with Gasteiger partial charge in [-0.05, 0) is 24.1 Å². The number of benzene rings is 1. The largest absolute Gasteiger partial charge is 0.733 e. The lowest BCUT2D eigenvalue weighted by molar-refractivity contribution is 0.297. The topological polar surface area (TPSA) is 162 Å². The molecule has 0 saturated heterocycles. The van der Waals surface area contributed by atoms with Gasteiger partial charge in [0.05, 0.1) is 17.1 Å². The first kappa shape index (κ1) is 16.7. The van der Waals surface area contributed by atoms with Gasteiger partial charge in [-0.2, -0.15) is 4.98 Å². The number of aromatic nitrogens is 2. The van der Waals surface area contributed by atoms with Gasteiger partial charge < -0.3 is 33.0 Å². The molecule has 2 rings (SSSR count). The zero-order chi connectivity index (χ0) is 17.0. The Morgan fingerprint density at radius 1 is 1.30 bits per heavy atom. The average molecular weight is 318 g/mol. The van der Waals surface area contributed by atoms with Crippen molar-refractivity contribution in [3.05, 3.63) is 29.1 Å². The monoisotopic (exact) mass is 318 g/mol. The summed E-state index contributed by atoms with van der Waals surface area (Å²) in [5.74, 6) is 0.315. The molecule has 0 aliphatic rings. The molecule has 1 aromatic heterocycles. The highest BCUT2D eigenvalue weighted by atomic mass is 16.8. The van der Waals surface area contributed by atoms with Crippen molar-refractivity contribution in [2.24, 2.45) is 5.73 Å². The van der Waals surface area contributed by atoms with Crippen molar-refractivity contribution in [3.8, 4) is 11.1 Å². The molecule has 124 valence electrons. The van der Waals surface area contributed by atoms with E-state index >= 15 is 0 Å². The molecule has 0 unspecified atom stereocenters. The quantitative estimate of drug-likeness (QED) is 0.487. The third-order valence-electron chi connectivity index (χ3n) is 3.32. The van der Waals surface area contributed by atoms with Crippen molar-refractivity contribution in [3.63, 3.8) is 0 Å². The van der Waals surface area contributed by atoms with Crippen LogP contribution in [0.5, 0.6) is 0 Å². The van der Waals surface area contributed by atoms with E-state index in [0.29, 0.717) is 42.0 Å². The first-order valence-electron chi connectivity index (χ1n) is 7.14. The van der Waals surface area contributed by atoms with Gasteiger partial charge in [-0.25, -0.2) is 4.98 Å². The van der Waals surface area contributed by atoms with Crippen LogP contribution >= 0.6 is 0 Å². The first-order valence-corrected chi connectivity index (χ1v) is 7.14. The van der Waals surface area contributed by atoms with E-state index in [4.69, 9.17) is 17.2 Å². The van der Waals surface area contributed by atoms with Crippen LogP contribution in [0.3, 0.4) is 0 Å². The van der Waals surface area contributed by atoms with Gasteiger partial charge in [0.25, 0.3) is 0 Å². The number of rotatable bonds is 6. The van der Waals surface area contributed by atoms with Crippen LogP contribution in [-0.2, 0) is 6.42 Å². The van der Waals surface area contributed by atoms with Gasteiger partial charge >= 0.3 is 0 Å². The maximum absolute atomic E-state index is 11.4. The van der Waals surface area contributed by atoms with E-state index in [9.17, 15) is 10.4 Å². The zero-order valence-electron chi connectivity index (χ0n) is 12.8. The fraction of sp³-hybridized carbons (Fsp3) is 0.286. The molecule has 0 amide bonds. The summed E-state index contributed by atoms with van der Waals surface area (Å²) in [6.45, 7) is 2.77. The van der Waals surface area contributed by atoms with Crippen molar-refractivity contribution in [1.82, 2.24) is 9.97 Å². The maximum Gasteiger partial charge on any atom is 0.222 e. The number of nitrogens with one attached hydrogen (secondary N) is 1. The SMILES string of the molecule is CCc1nc(N)nc(N)c1-c1ccc(NCCN)c(N([O-])O)c1. The second-order valence-corrected chi connectivity index (χ2v) is 4.86. The van der Waals surface area contributed by atoms with E-state index in [1.165, 1.54) is 6.07 Å². The molecule has 0 spiro atoms. The summed E-state index contributed by atoms with van der Waals surface area (Å²) < 4.78 is 0. The number of anilines is 4. The van der Waals surface area contributed by atoms with Gasteiger partial charge in [0.2, 0.25) is 5.95 Å². The molecule has 0 aliphatic carbocycles. The van der Waals surface area contributed by atoms with Crippen LogP contribution < -0.4 is 27.7 Å². The van der Waals surface area contributed by atoms with Crippen LogP contribution in [0.2, 0.25) is 0 Å². The molecular weight excluding hydrogens is 298 g/mol. The molecule has 8 N–H and O–H groups in total. The summed E-state index contributed by atoms with van der Waals surface area (Å²) in [7, 11) is 0. The van der Waals surface area contributed by atoms with Crippen molar-refractivity contribution >= 4 is 23.1 Å². The summed E-state index contributed by atoms with van der Waals surface area (Å²) in [6.07, 6.45) is 0.592. The molecule has 23 heavy (non-hydrogen) atoms. The fourth-order valence-corrected chi connectivity index (χ4v) is 2.32. The lowest BCUT2D eigenvalue weighted by atomic mass is 10.0. The third kappa shape index (κ3) is 3.59. The highest BCUT2D eigenvalue weighted by molar-refractivity contribution is 5.83. The zero-order valence-corrected chi connectivity index (χ0v) is 12.8. The van der Waals surface area contributed by atoms with Crippen LogP contribution in [0.4, 0.5) is 23.1 Å². The summed E-state index contributed by atoms with van der Waals surface area (Å²) in [5, 5.41) is 23.5. The summed E-state index contributed by atoms with van der Waals surface area (Å²) in [5.41, 5.74) is 19.4. The van der Waals surface area contributed by atoms with Crippen LogP contribution in [0.1, 0.15) is 12.6 Å². The van der Waals surface area contributed by atoms with E-state index in [-0.39, 0.29) is 22.7 Å². The molecule has 9 nitrogen and oxygen atoms in total. The summed E-state index contributed by atoms with van der Waals surface area (Å²) in [4.78, 5) is 8.14. The van der Waals surface area contributed by atoms with Crippen LogP contribution in [0.15, 0.2) is 18.2 Å². The molecule has 0 bridgehead atoms. The minimum absolute atomic E-state index is 0.0502. The maximum atomic E-state index is 11.4. The highest BCUT2D eigenvalue weighted by Gasteiger charge is 2.14. The second kappa shape index (κ2) is 7.09. The van der Waals surface area contributed by atoms with E-state index in [0.717, 1.165) is 0 Å². The van der Waals surface area contributed by atoms with E-state index in [2.05, 4.69) is 15.3 Å². The van der Waals surface area contributed by atoms with Gasteiger partial charge in [-0.15, -0.1) is 0 Å². The minimum Gasteiger partial charge on any atom is -0.733 e. The Morgan fingerprint density at radius 3 is 2.65 bits per heavy atom. The molecule has 2 aromatic rings. The Labute approximate surface area is 133 Å². The van der Waals surface area contributed by atoms with Gasteiger partial charge in [0.15, 0.2) is 0 Å². The summed E-state index contributed by atoms with van der Waals surface area (Å²) >= 11 is 0. The van der Waals surface area contributed by atoms with E-state index < -0.39 is 0 Å². The third-order valence-corrected chi connectivity index (χ3v) is 3.32. The van der Waals surface area contributed by atoms with Crippen LogP contribution in [-0.4, -0.2) is 28.3 Å². The van der Waals surface area contributed by atoms with E-state index in [1.807, 2.05) is 6.92 Å². The Balaban J connectivity index is 2.55. The molecule has 0 aliphatic heterocycles. The lowest BCUT2D eigenvalue weighted by Crippen LogP contribution is -2.16. The van der Waals surface area contributed by atoms with Gasteiger partial charge in [0, 0.05) is 18.7 Å². The Morgan fingerprint density at radius 2 is 2.04 bits per heavy atom. The van der Waals surface area contributed by atoms with Crippen molar-refractivity contribution in [2.45, 2.75) is 13.3 Å². The standard InChI is InChI=1S/C14H20N7O2/c1-2-9-12(13(16)20-14(17)19-9)8-3-4-10(18-6-5-15)11(7-8)21(22)23/h3-4,7,18,22H,2,5-6,15H2,1H3,(H4,16,17,19,20)/q-1. The van der Waals surface area contributed by atoms with Crippen LogP contribution in [0, 0.1) is 5.21 Å². The Bertz CT molecular complexity index is 691. The number of nitrogen functional groups attached to an aromatic ring is 2. The van der Waals surface area contributed by atoms with E-state index in [1.54, 1.807) is 12.1 Å². The molecular formula is C14H20N7O2-. The summed E-state index contributed by atoms with van der Waals surface area (Å²) in [6, 6.07) is 4.93. The number of hydrogen-bond acceptors (Lipinski definition) is 9. The molecule has 0 saturated carbocycles. The van der Waals surface area contributed by atoms with Gasteiger partial charge in [-0.3, -0.25) is 5.21 Å². The molecule has 0 atom stereocenters. The van der Waals surface area contributed by atoms with Crippen molar-refractivity contribution in [1.29, 1.82) is 0 Å². The number of hydrogen-bond donors (Lipinski definition) is 5. The first-order chi connectivity index (χ1) is 11.0. The molecule has 1 aromatic carbocycles. The van der Waals surface area contributed by atoms with Gasteiger partial charge in [0.1, 0.15) is 5.82 Å². The normalized spacial score (nSPS) is 10.6. The van der Waals surface area contributed by atoms with Crippen LogP contribution in [0.25, 0.3) is 11.1 Å². The predicted octanol–water partition coefficient (Wildman–Crippen LogP) is 0.934. The predicted molar refractivity (Wildman–Crippen MR) is 90.8 cm³/mol. The van der Waals surface area contributed by atoms with Crippen molar-refractivity contribution in [2.75, 3.05) is 35.1 Å². The number of aryl methyl sites for hydroxylation is 1. The molecule has 0 radical (unpaired) electrons. The van der Waals surface area contributed by atoms with Crippen molar-refractivity contribution < 1.29 is 5.21 Å². The average Bonchev–Trinajstić information content (AvgIpc) is 2.52. The minimum atomic E-state index is -0.206. The number of nitrogens with zero attached hydrogens (tertiary/aromatic N) is 3. The lowest BCUT2D eigenvalue weighted by Gasteiger charge is -2.26. The van der Waals surface area contributed by atoms with Gasteiger partial charge in [-0.1, -0.05) is 13.0 Å². The highest BCUT2D eigenvalue weighted by Crippen LogP contribution is 2.34. The molecule has 9 heteroatoms. The Kier molecular flexibility index (Phi) is 5.16. The Hall–Kier alpha value is -2.62. The smallest absolute Gasteiger partial charge is 0.222 e. The molecule has 1 heterocycles. The number of nitrogens with two attached hydrogens (primary N) is 3. The second-order valence-electron chi connectivity index (χ2n) is 4.86. The molecule has 0 fully saturated rings.